The molecule has 2 aliphatic rings. The summed E-state index contributed by atoms with van der Waals surface area (Å²) in [5, 5.41) is 21.2. The first kappa shape index (κ1) is 27.5. The fourth-order valence-corrected chi connectivity index (χ4v) is 7.39. The molecule has 2 saturated heterocycles. The molecule has 3 atom stereocenters. The van der Waals surface area contributed by atoms with Crippen LogP contribution in [0.5, 0.6) is 0 Å². The van der Waals surface area contributed by atoms with Crippen LogP contribution >= 0.6 is 34.9 Å². The zero-order valence-corrected chi connectivity index (χ0v) is 23.1. The number of anilines is 3. The highest BCUT2D eigenvalue weighted by molar-refractivity contribution is 8.00. The number of aromatic nitrogens is 3. The van der Waals surface area contributed by atoms with Gasteiger partial charge >= 0.3 is 11.1 Å². The van der Waals surface area contributed by atoms with Gasteiger partial charge in [-0.2, -0.15) is 0 Å². The number of β-lactam (4-membered cyclic amide) rings is 1. The van der Waals surface area contributed by atoms with Crippen LogP contribution in [0.4, 0.5) is 16.8 Å². The molecular formula is C20H27N10O5S3+. The lowest BCUT2D eigenvalue weighted by Crippen LogP contribution is -2.74. The van der Waals surface area contributed by atoms with E-state index in [4.69, 9.17) is 22.1 Å². The fraction of sp³-hybridized carbons (Fsp3) is 0.450. The Bertz CT molecular complexity index is 1320. The molecule has 0 saturated carbocycles. The van der Waals surface area contributed by atoms with Crippen molar-refractivity contribution in [1.29, 1.82) is 0 Å². The second-order valence-electron chi connectivity index (χ2n) is 8.56. The third-order valence-corrected chi connectivity index (χ3v) is 9.67. The van der Waals surface area contributed by atoms with Crippen molar-refractivity contribution in [3.8, 4) is 0 Å². The molecule has 204 valence electrons. The standard InChI is InChI=1S/C20H26N10O5S3/c1-8-12(21)27-19(30(23)13(8)24-2)38-7-20(17(33)34)5-29-15(32)11(16(29)37-6-20)26-14(31)10(28-35-3)9-4-36-18(22)25-9/h4,11,16H,5-7,23H2,1-3H3,(H6,21,22,24,25,26,31,33,34)/p+1/t11?,16-,20?/m1/s1. The molecule has 0 spiro atoms. The van der Waals surface area contributed by atoms with Crippen LogP contribution in [-0.2, 0) is 19.2 Å². The van der Waals surface area contributed by atoms with Gasteiger partial charge in [-0.05, 0) is 18.7 Å². The van der Waals surface area contributed by atoms with Crippen molar-refractivity contribution in [2.45, 2.75) is 23.5 Å². The van der Waals surface area contributed by atoms with Crippen molar-refractivity contribution in [3.05, 3.63) is 16.6 Å². The molecule has 2 unspecified atom stereocenters. The van der Waals surface area contributed by atoms with E-state index < -0.39 is 34.6 Å². The zero-order chi connectivity index (χ0) is 27.8. The molecule has 9 N–H and O–H groups in total. The molecule has 2 aliphatic heterocycles. The van der Waals surface area contributed by atoms with Crippen molar-refractivity contribution in [1.82, 2.24) is 20.2 Å². The Morgan fingerprint density at radius 3 is 2.76 bits per heavy atom. The number of hydrogen-bond donors (Lipinski definition) is 6. The van der Waals surface area contributed by atoms with Gasteiger partial charge in [-0.15, -0.1) is 27.8 Å². The van der Waals surface area contributed by atoms with Crippen molar-refractivity contribution in [3.63, 3.8) is 0 Å². The van der Waals surface area contributed by atoms with Gasteiger partial charge in [0.25, 0.3) is 11.7 Å². The second kappa shape index (κ2) is 10.7. The van der Waals surface area contributed by atoms with Crippen LogP contribution < -0.4 is 32.6 Å². The molecule has 0 radical (unpaired) electrons. The number of nitrogens with zero attached hydrogens (tertiary/aromatic N) is 5. The van der Waals surface area contributed by atoms with E-state index >= 15 is 0 Å². The maximum Gasteiger partial charge on any atom is 0.322 e. The van der Waals surface area contributed by atoms with Crippen molar-refractivity contribution < 1.29 is 29.0 Å². The molecule has 38 heavy (non-hydrogen) atoms. The lowest BCUT2D eigenvalue weighted by Gasteiger charge is -2.53. The topological polar surface area (TPSA) is 228 Å². The Labute approximate surface area is 229 Å². The summed E-state index contributed by atoms with van der Waals surface area (Å²) >= 11 is 3.55. The van der Waals surface area contributed by atoms with Crippen molar-refractivity contribution in [2.75, 3.05) is 54.8 Å². The summed E-state index contributed by atoms with van der Waals surface area (Å²) in [7, 11) is 2.98. The molecule has 15 nitrogen and oxygen atoms in total. The van der Waals surface area contributed by atoms with Crippen LogP contribution in [0.1, 0.15) is 11.3 Å². The molecule has 2 aromatic rings. The molecule has 4 rings (SSSR count). The zero-order valence-electron chi connectivity index (χ0n) is 20.6. The lowest BCUT2D eigenvalue weighted by molar-refractivity contribution is -0.668. The number of aliphatic carboxylic acids is 1. The maximum atomic E-state index is 13.0. The normalized spacial score (nSPS) is 22.9. The van der Waals surface area contributed by atoms with E-state index in [0.29, 0.717) is 16.5 Å². The minimum atomic E-state index is -1.27. The molecule has 18 heteroatoms. The Hall–Kier alpha value is -3.51. The van der Waals surface area contributed by atoms with E-state index in [1.165, 1.54) is 28.4 Å². The number of oxime groups is 1. The summed E-state index contributed by atoms with van der Waals surface area (Å²) in [6.45, 7) is 1.73. The number of hydrogen-bond acceptors (Lipinski definition) is 14. The van der Waals surface area contributed by atoms with Gasteiger partial charge in [0, 0.05) is 30.5 Å². The summed E-state index contributed by atoms with van der Waals surface area (Å²) in [5.41, 5.74) is 11.1. The average Bonchev–Trinajstić information content (AvgIpc) is 3.32. The first-order valence-electron chi connectivity index (χ1n) is 11.1. The molecule has 4 heterocycles. The number of nitrogen functional groups attached to an aromatic ring is 3. The highest BCUT2D eigenvalue weighted by atomic mass is 32.2. The SMILES string of the molecule is CNc1c(C)c(N)nc(SCC2(C(=O)O)CS[C@@H]3C(NC(=O)C(=NOC)c4csc(N)n4)C(=O)N3C2)[n+]1N. The number of nitrogens with two attached hydrogens (primary N) is 3. The minimum absolute atomic E-state index is 0.0371. The van der Waals surface area contributed by atoms with Gasteiger partial charge < -0.3 is 36.9 Å². The molecule has 2 amide bonds. The van der Waals surface area contributed by atoms with Crippen LogP contribution in [0.2, 0.25) is 0 Å². The monoisotopic (exact) mass is 583 g/mol. The Kier molecular flexibility index (Phi) is 7.75. The van der Waals surface area contributed by atoms with E-state index in [9.17, 15) is 19.5 Å². The number of carboxylic acids is 1. The lowest BCUT2D eigenvalue weighted by atomic mass is 9.89. The number of rotatable bonds is 9. The summed E-state index contributed by atoms with van der Waals surface area (Å²) in [4.78, 5) is 52.8. The third kappa shape index (κ3) is 4.85. The van der Waals surface area contributed by atoms with Crippen LogP contribution in [0.3, 0.4) is 0 Å². The van der Waals surface area contributed by atoms with Gasteiger partial charge in [-0.3, -0.25) is 20.2 Å². The Morgan fingerprint density at radius 1 is 1.42 bits per heavy atom. The van der Waals surface area contributed by atoms with Gasteiger partial charge in [-0.25, -0.2) is 4.98 Å². The number of carbonyl (C=O) groups is 3. The Balaban J connectivity index is 1.46. The third-order valence-electron chi connectivity index (χ3n) is 6.16. The highest BCUT2D eigenvalue weighted by Gasteiger charge is 2.57. The number of nitrogens with one attached hydrogen (secondary N) is 2. The molecular weight excluding hydrogens is 556 g/mol. The largest absolute Gasteiger partial charge is 0.481 e. The van der Waals surface area contributed by atoms with Crippen LogP contribution in [0.15, 0.2) is 15.7 Å². The Morgan fingerprint density at radius 2 is 2.16 bits per heavy atom. The second-order valence-corrected chi connectivity index (χ2v) is 11.5. The molecule has 0 aliphatic carbocycles. The van der Waals surface area contributed by atoms with E-state index in [-0.39, 0.29) is 40.4 Å². The number of carbonyl (C=O) groups excluding carboxylic acids is 2. The quantitative estimate of drug-likeness (QED) is 0.0383. The van der Waals surface area contributed by atoms with Crippen LogP contribution in [0.25, 0.3) is 0 Å². The van der Waals surface area contributed by atoms with Gasteiger partial charge in [-0.1, -0.05) is 10.1 Å². The molecule has 0 aromatic carbocycles. The highest BCUT2D eigenvalue weighted by Crippen LogP contribution is 2.44. The molecule has 0 bridgehead atoms. The number of amides is 2. The maximum absolute atomic E-state index is 13.0. The first-order chi connectivity index (χ1) is 18.0. The van der Waals surface area contributed by atoms with Gasteiger partial charge in [0.05, 0.1) is 5.56 Å². The average molecular weight is 584 g/mol. The smallest absolute Gasteiger partial charge is 0.322 e. The van der Waals surface area contributed by atoms with E-state index in [1.807, 2.05) is 0 Å². The first-order valence-corrected chi connectivity index (χ1v) is 14.0. The van der Waals surface area contributed by atoms with E-state index in [1.54, 1.807) is 19.4 Å². The summed E-state index contributed by atoms with van der Waals surface area (Å²) in [5.74, 6) is 5.17. The predicted molar refractivity (Wildman–Crippen MR) is 144 cm³/mol. The molecule has 2 aromatic heterocycles. The summed E-state index contributed by atoms with van der Waals surface area (Å²) < 4.78 is 1.32. The summed E-state index contributed by atoms with van der Waals surface area (Å²) in [6.07, 6.45) is 0. The van der Waals surface area contributed by atoms with Gasteiger partial charge in [0.2, 0.25) is 11.7 Å². The van der Waals surface area contributed by atoms with Crippen molar-refractivity contribution >= 4 is 75.1 Å². The van der Waals surface area contributed by atoms with E-state index in [2.05, 4.69) is 25.8 Å². The van der Waals surface area contributed by atoms with Crippen LogP contribution in [-0.4, -0.2) is 87.1 Å². The fourth-order valence-electron chi connectivity index (χ4n) is 4.06. The van der Waals surface area contributed by atoms with Crippen molar-refractivity contribution in [2.24, 2.45) is 10.6 Å². The number of thioether (sulfide) groups is 2. The van der Waals surface area contributed by atoms with E-state index in [0.717, 1.165) is 23.1 Å². The van der Waals surface area contributed by atoms with Gasteiger partial charge in [0.15, 0.2) is 10.8 Å². The number of carboxylic acid groups (broad SMARTS) is 1. The summed E-state index contributed by atoms with van der Waals surface area (Å²) in [6, 6.07) is -0.854. The minimum Gasteiger partial charge on any atom is -0.481 e. The predicted octanol–water partition coefficient (Wildman–Crippen LogP) is -1.33. The number of fused-ring (bicyclic) bond motifs is 1. The van der Waals surface area contributed by atoms with Gasteiger partial charge in [0.1, 0.15) is 29.6 Å². The molecule has 2 fully saturated rings. The van der Waals surface area contributed by atoms with Crippen LogP contribution in [0, 0.1) is 12.3 Å². The number of thiazole rings is 1.